The Labute approximate surface area is 287 Å². The highest BCUT2D eigenvalue weighted by atomic mass is 16.3. The lowest BCUT2D eigenvalue weighted by atomic mass is 10.0. The predicted octanol–water partition coefficient (Wildman–Crippen LogP) is 10.9. The number of fused-ring (bicyclic) bond motifs is 6. The van der Waals surface area contributed by atoms with Crippen LogP contribution in [0.2, 0.25) is 0 Å². The lowest BCUT2D eigenvalue weighted by Crippen LogP contribution is -2.00. The third kappa shape index (κ3) is 4.65. The molecule has 0 unspecified atom stereocenters. The first-order valence-electron chi connectivity index (χ1n) is 16.6. The van der Waals surface area contributed by atoms with Gasteiger partial charge in [0.1, 0.15) is 5.58 Å². The SMILES string of the molecule is c1ccc(-c2nc(-c3ccc(-c4ccc(-n5c6ccccc6c6ccccc65)cc4)cc3)nc(-c3cnc4oc5ccccc5c4c3)n2)cc1. The molecule has 0 radical (unpaired) electrons. The van der Waals surface area contributed by atoms with Crippen molar-refractivity contribution in [3.05, 3.63) is 164 Å². The molecule has 0 spiro atoms. The van der Waals surface area contributed by atoms with Gasteiger partial charge < -0.3 is 8.98 Å². The minimum atomic E-state index is 0.554. The molecule has 234 valence electrons. The van der Waals surface area contributed by atoms with Gasteiger partial charge >= 0.3 is 0 Å². The maximum Gasteiger partial charge on any atom is 0.227 e. The second-order valence-electron chi connectivity index (χ2n) is 12.3. The summed E-state index contributed by atoms with van der Waals surface area (Å²) in [6.45, 7) is 0. The summed E-state index contributed by atoms with van der Waals surface area (Å²) in [5.74, 6) is 1.75. The number of aromatic nitrogens is 5. The Morgan fingerprint density at radius 1 is 0.400 bits per heavy atom. The van der Waals surface area contributed by atoms with Crippen LogP contribution in [0.15, 0.2) is 168 Å². The Bertz CT molecular complexity index is 2800. The van der Waals surface area contributed by atoms with Crippen molar-refractivity contribution >= 4 is 43.9 Å². The number of para-hydroxylation sites is 3. The van der Waals surface area contributed by atoms with Crippen molar-refractivity contribution in [2.75, 3.05) is 0 Å². The Hall–Kier alpha value is -6.92. The van der Waals surface area contributed by atoms with Crippen LogP contribution in [0.3, 0.4) is 0 Å². The average Bonchev–Trinajstić information content (AvgIpc) is 3.74. The number of nitrogens with zero attached hydrogens (tertiary/aromatic N) is 5. The van der Waals surface area contributed by atoms with E-state index in [1.54, 1.807) is 6.20 Å². The summed E-state index contributed by atoms with van der Waals surface area (Å²) in [6.07, 6.45) is 1.77. The summed E-state index contributed by atoms with van der Waals surface area (Å²) >= 11 is 0. The van der Waals surface area contributed by atoms with E-state index in [-0.39, 0.29) is 0 Å². The number of rotatable bonds is 5. The number of hydrogen-bond donors (Lipinski definition) is 0. The van der Waals surface area contributed by atoms with Crippen molar-refractivity contribution in [3.8, 4) is 51.0 Å². The van der Waals surface area contributed by atoms with Crippen LogP contribution < -0.4 is 0 Å². The Balaban J connectivity index is 1.02. The van der Waals surface area contributed by atoms with Crippen molar-refractivity contribution in [1.82, 2.24) is 24.5 Å². The molecule has 0 saturated carbocycles. The van der Waals surface area contributed by atoms with Crippen molar-refractivity contribution in [2.24, 2.45) is 0 Å². The predicted molar refractivity (Wildman–Crippen MR) is 201 cm³/mol. The van der Waals surface area contributed by atoms with Crippen LogP contribution in [0.5, 0.6) is 0 Å². The summed E-state index contributed by atoms with van der Waals surface area (Å²) in [5, 5.41) is 4.45. The first-order valence-corrected chi connectivity index (χ1v) is 16.6. The third-order valence-electron chi connectivity index (χ3n) is 9.34. The van der Waals surface area contributed by atoms with Crippen LogP contribution in [0.25, 0.3) is 94.9 Å². The molecule has 0 aliphatic heterocycles. The smallest absolute Gasteiger partial charge is 0.227 e. The van der Waals surface area contributed by atoms with Gasteiger partial charge in [-0.2, -0.15) is 0 Å². The fourth-order valence-corrected chi connectivity index (χ4v) is 6.90. The molecule has 4 aromatic heterocycles. The van der Waals surface area contributed by atoms with Gasteiger partial charge in [0.05, 0.1) is 11.0 Å². The summed E-state index contributed by atoms with van der Waals surface area (Å²) in [7, 11) is 0. The highest BCUT2D eigenvalue weighted by Crippen LogP contribution is 2.34. The zero-order chi connectivity index (χ0) is 33.0. The maximum atomic E-state index is 5.97. The summed E-state index contributed by atoms with van der Waals surface area (Å²) in [6, 6.07) is 54.3. The molecule has 10 rings (SSSR count). The van der Waals surface area contributed by atoms with Gasteiger partial charge in [0, 0.05) is 50.1 Å². The van der Waals surface area contributed by atoms with E-state index in [9.17, 15) is 0 Å². The minimum absolute atomic E-state index is 0.554. The lowest BCUT2D eigenvalue weighted by molar-refractivity contribution is 0.654. The molecule has 0 amide bonds. The molecule has 0 fully saturated rings. The Morgan fingerprint density at radius 2 is 0.900 bits per heavy atom. The van der Waals surface area contributed by atoms with E-state index in [4.69, 9.17) is 19.4 Å². The third-order valence-corrected chi connectivity index (χ3v) is 9.34. The molecular weight excluding hydrogens is 615 g/mol. The molecule has 6 heteroatoms. The highest BCUT2D eigenvalue weighted by Gasteiger charge is 2.16. The molecule has 10 aromatic rings. The van der Waals surface area contributed by atoms with E-state index in [0.29, 0.717) is 23.2 Å². The highest BCUT2D eigenvalue weighted by molar-refractivity contribution is 6.09. The van der Waals surface area contributed by atoms with E-state index < -0.39 is 0 Å². The minimum Gasteiger partial charge on any atom is -0.438 e. The van der Waals surface area contributed by atoms with Crippen molar-refractivity contribution in [3.63, 3.8) is 0 Å². The van der Waals surface area contributed by atoms with Crippen molar-refractivity contribution < 1.29 is 4.42 Å². The van der Waals surface area contributed by atoms with Gasteiger partial charge in [-0.1, -0.05) is 121 Å². The average molecular weight is 642 g/mol. The maximum absolute atomic E-state index is 5.97. The monoisotopic (exact) mass is 641 g/mol. The molecule has 0 saturated heterocycles. The lowest BCUT2D eigenvalue weighted by Gasteiger charge is -2.10. The fourth-order valence-electron chi connectivity index (χ4n) is 6.90. The van der Waals surface area contributed by atoms with Gasteiger partial charge in [0.2, 0.25) is 5.71 Å². The number of hydrogen-bond acceptors (Lipinski definition) is 5. The molecule has 6 aromatic carbocycles. The zero-order valence-electron chi connectivity index (χ0n) is 26.7. The molecule has 6 nitrogen and oxygen atoms in total. The Kier molecular flexibility index (Phi) is 6.39. The van der Waals surface area contributed by atoms with E-state index in [1.807, 2.05) is 60.7 Å². The first-order chi connectivity index (χ1) is 24.8. The molecule has 0 atom stereocenters. The van der Waals surface area contributed by atoms with Gasteiger partial charge in [-0.05, 0) is 47.5 Å². The molecule has 0 bridgehead atoms. The van der Waals surface area contributed by atoms with Gasteiger partial charge in [-0.25, -0.2) is 19.9 Å². The van der Waals surface area contributed by atoms with E-state index in [2.05, 4.69) is 107 Å². The van der Waals surface area contributed by atoms with Crippen LogP contribution in [-0.4, -0.2) is 24.5 Å². The molecule has 50 heavy (non-hydrogen) atoms. The topological polar surface area (TPSA) is 69.6 Å². The van der Waals surface area contributed by atoms with Crippen LogP contribution in [0, 0.1) is 0 Å². The Morgan fingerprint density at radius 3 is 1.56 bits per heavy atom. The molecule has 0 aliphatic carbocycles. The number of furan rings is 1. The molecule has 0 N–H and O–H groups in total. The van der Waals surface area contributed by atoms with Gasteiger partial charge in [-0.3, -0.25) is 0 Å². The van der Waals surface area contributed by atoms with E-state index >= 15 is 0 Å². The van der Waals surface area contributed by atoms with Crippen molar-refractivity contribution in [2.45, 2.75) is 0 Å². The largest absolute Gasteiger partial charge is 0.438 e. The standard InChI is InChI=1S/C44H27N5O/c1-2-10-30(11-3-1)41-46-42(48-43(47-41)32-26-37-36-14-6-9-17-40(36)50-44(37)45-27-32)31-20-18-28(19-21-31)29-22-24-33(25-23-29)49-38-15-7-4-12-34(38)35-13-5-8-16-39(35)49/h1-27H. The number of benzene rings is 6. The second kappa shape index (κ2) is 11.4. The van der Waals surface area contributed by atoms with Crippen molar-refractivity contribution in [1.29, 1.82) is 0 Å². The molecular formula is C44H27N5O. The second-order valence-corrected chi connectivity index (χ2v) is 12.3. The van der Waals surface area contributed by atoms with Crippen LogP contribution in [0.4, 0.5) is 0 Å². The zero-order valence-corrected chi connectivity index (χ0v) is 26.7. The van der Waals surface area contributed by atoms with Gasteiger partial charge in [0.25, 0.3) is 0 Å². The summed E-state index contributed by atoms with van der Waals surface area (Å²) < 4.78 is 8.31. The molecule has 0 aliphatic rings. The molecule has 4 heterocycles. The fraction of sp³-hybridized carbons (Fsp3) is 0. The van der Waals surface area contributed by atoms with Gasteiger partial charge in [-0.15, -0.1) is 0 Å². The summed E-state index contributed by atoms with van der Waals surface area (Å²) in [5.41, 5.74) is 9.78. The van der Waals surface area contributed by atoms with Crippen LogP contribution in [-0.2, 0) is 0 Å². The van der Waals surface area contributed by atoms with Crippen LogP contribution >= 0.6 is 0 Å². The quantitative estimate of drug-likeness (QED) is 0.187. The normalized spacial score (nSPS) is 11.6. The van der Waals surface area contributed by atoms with Gasteiger partial charge in [0.15, 0.2) is 17.5 Å². The first kappa shape index (κ1) is 28.1. The number of pyridine rings is 1. The van der Waals surface area contributed by atoms with Crippen LogP contribution in [0.1, 0.15) is 0 Å². The summed E-state index contributed by atoms with van der Waals surface area (Å²) in [4.78, 5) is 19.4. The van der Waals surface area contributed by atoms with E-state index in [1.165, 1.54) is 21.8 Å². The van der Waals surface area contributed by atoms with E-state index in [0.717, 1.165) is 49.9 Å².